The van der Waals surface area contributed by atoms with Crippen LogP contribution in [0.1, 0.15) is 71.6 Å². The van der Waals surface area contributed by atoms with Crippen molar-refractivity contribution in [1.82, 2.24) is 4.98 Å². The third-order valence-corrected chi connectivity index (χ3v) is 10.2. The molecule has 5 heteroatoms. The van der Waals surface area contributed by atoms with E-state index in [0.29, 0.717) is 18.9 Å². The molecule has 188 valence electrons. The summed E-state index contributed by atoms with van der Waals surface area (Å²) >= 11 is 0. The molecule has 0 amide bonds. The number of aromatic nitrogens is 1. The van der Waals surface area contributed by atoms with Crippen LogP contribution in [0.3, 0.4) is 0 Å². The van der Waals surface area contributed by atoms with Crippen LogP contribution >= 0.6 is 0 Å². The average Bonchev–Trinajstić information content (AvgIpc) is 3.33. The molecule has 6 rings (SSSR count). The standard InChI is InChI=1S/C30H39NO4/c1-6-13-34-24-15-18-14-20-19-9-7-8-10-22(19)31-27(20)29(18,5)28(4)11-12-30(33)21(25(24)28)16-23(32)26(35-30)17(2)3/h7-10,16-18,24-26,31,33H,6,11-15H2,1-5H3/t18-,24+,25?,26?,28+,29-,30-/m1/s1. The Morgan fingerprint density at radius 3 is 2.74 bits per heavy atom. The number of carbonyl (C=O) groups is 1. The van der Waals surface area contributed by atoms with Gasteiger partial charge in [-0.25, -0.2) is 0 Å². The van der Waals surface area contributed by atoms with Crippen LogP contribution in [0, 0.1) is 23.2 Å². The molecule has 3 aliphatic carbocycles. The van der Waals surface area contributed by atoms with Gasteiger partial charge in [-0.2, -0.15) is 0 Å². The average molecular weight is 478 g/mol. The summed E-state index contributed by atoms with van der Waals surface area (Å²) in [6.07, 6.45) is 5.32. The van der Waals surface area contributed by atoms with Crippen LogP contribution in [0.15, 0.2) is 35.9 Å². The number of hydrogen-bond donors (Lipinski definition) is 2. The predicted molar refractivity (Wildman–Crippen MR) is 136 cm³/mol. The van der Waals surface area contributed by atoms with Gasteiger partial charge in [-0.3, -0.25) is 4.79 Å². The Bertz CT molecular complexity index is 1210. The van der Waals surface area contributed by atoms with Gasteiger partial charge in [0.05, 0.1) is 6.10 Å². The van der Waals surface area contributed by atoms with Crippen molar-refractivity contribution >= 4 is 16.7 Å². The Balaban J connectivity index is 1.52. The number of aromatic amines is 1. The van der Waals surface area contributed by atoms with Crippen LogP contribution in [0.2, 0.25) is 0 Å². The molecule has 0 radical (unpaired) electrons. The number of carbonyl (C=O) groups excluding carboxylic acids is 1. The third kappa shape index (κ3) is 3.01. The first-order chi connectivity index (χ1) is 16.6. The van der Waals surface area contributed by atoms with Gasteiger partial charge in [-0.05, 0) is 66.2 Å². The van der Waals surface area contributed by atoms with E-state index in [4.69, 9.17) is 9.47 Å². The van der Waals surface area contributed by atoms with Gasteiger partial charge >= 0.3 is 0 Å². The first-order valence-corrected chi connectivity index (χ1v) is 13.5. The molecule has 35 heavy (non-hydrogen) atoms. The molecule has 1 aromatic carbocycles. The summed E-state index contributed by atoms with van der Waals surface area (Å²) < 4.78 is 12.8. The SMILES string of the molecule is CCCO[C@H]1C[C@H]2Cc3c([nH]c4ccccc34)[C@]2(C)[C@@]2(C)CC[C@@]3(O)OC(C(C)C)C(=O)C=C3C12. The van der Waals surface area contributed by atoms with E-state index in [2.05, 4.69) is 50.0 Å². The lowest BCUT2D eigenvalue weighted by atomic mass is 9.43. The third-order valence-electron chi connectivity index (χ3n) is 10.2. The van der Waals surface area contributed by atoms with Gasteiger partial charge in [0.25, 0.3) is 0 Å². The molecule has 2 saturated carbocycles. The van der Waals surface area contributed by atoms with E-state index in [1.165, 1.54) is 22.2 Å². The minimum Gasteiger partial charge on any atom is -0.378 e. The highest BCUT2D eigenvalue weighted by atomic mass is 16.6. The van der Waals surface area contributed by atoms with Crippen LogP contribution in [0.25, 0.3) is 10.9 Å². The highest BCUT2D eigenvalue weighted by Gasteiger charge is 2.68. The van der Waals surface area contributed by atoms with Gasteiger partial charge in [0.2, 0.25) is 0 Å². The zero-order chi connectivity index (χ0) is 24.8. The van der Waals surface area contributed by atoms with Gasteiger partial charge in [0, 0.05) is 41.0 Å². The van der Waals surface area contributed by atoms with Crippen LogP contribution in [-0.4, -0.2) is 40.5 Å². The Hall–Kier alpha value is -1.95. The fourth-order valence-electron chi connectivity index (χ4n) is 8.24. The minimum atomic E-state index is -1.40. The lowest BCUT2D eigenvalue weighted by Gasteiger charge is -2.64. The van der Waals surface area contributed by atoms with E-state index in [0.717, 1.165) is 31.3 Å². The van der Waals surface area contributed by atoms with Gasteiger partial charge < -0.3 is 19.6 Å². The predicted octanol–water partition coefficient (Wildman–Crippen LogP) is 5.45. The van der Waals surface area contributed by atoms with E-state index < -0.39 is 11.9 Å². The molecule has 2 heterocycles. The maximum Gasteiger partial charge on any atom is 0.189 e. The van der Waals surface area contributed by atoms with Crippen molar-refractivity contribution in [3.05, 3.63) is 47.2 Å². The normalized spacial score (nSPS) is 40.3. The maximum atomic E-state index is 13.2. The number of H-pyrrole nitrogens is 1. The molecule has 7 atom stereocenters. The Morgan fingerprint density at radius 1 is 1.23 bits per heavy atom. The van der Waals surface area contributed by atoms with Gasteiger partial charge in [0.1, 0.15) is 6.10 Å². The topological polar surface area (TPSA) is 71.6 Å². The second kappa shape index (κ2) is 7.77. The Kier molecular flexibility index (Phi) is 5.21. The van der Waals surface area contributed by atoms with Crippen molar-refractivity contribution in [2.45, 2.75) is 90.1 Å². The quantitative estimate of drug-likeness (QED) is 0.614. The highest BCUT2D eigenvalue weighted by molar-refractivity contribution is 5.95. The summed E-state index contributed by atoms with van der Waals surface area (Å²) in [5, 5.41) is 13.2. The van der Waals surface area contributed by atoms with Crippen LogP contribution < -0.4 is 0 Å². The largest absolute Gasteiger partial charge is 0.378 e. The molecule has 0 bridgehead atoms. The smallest absolute Gasteiger partial charge is 0.189 e. The summed E-state index contributed by atoms with van der Waals surface area (Å²) in [6, 6.07) is 8.62. The second-order valence-electron chi connectivity index (χ2n) is 12.2. The van der Waals surface area contributed by atoms with Crippen molar-refractivity contribution in [2.75, 3.05) is 6.61 Å². The zero-order valence-electron chi connectivity index (χ0n) is 21.7. The molecule has 4 aliphatic rings. The van der Waals surface area contributed by atoms with E-state index in [1.807, 2.05) is 13.8 Å². The van der Waals surface area contributed by atoms with Crippen molar-refractivity contribution in [1.29, 1.82) is 0 Å². The lowest BCUT2D eigenvalue weighted by Crippen LogP contribution is -2.65. The molecule has 2 unspecified atom stereocenters. The molecule has 2 N–H and O–H groups in total. The Morgan fingerprint density at radius 2 is 2.00 bits per heavy atom. The monoisotopic (exact) mass is 477 g/mol. The first-order valence-electron chi connectivity index (χ1n) is 13.5. The second-order valence-corrected chi connectivity index (χ2v) is 12.2. The molecular formula is C30H39NO4. The highest BCUT2D eigenvalue weighted by Crippen LogP contribution is 2.69. The number of aliphatic hydroxyl groups is 1. The molecule has 1 aromatic heterocycles. The number of para-hydroxylation sites is 1. The van der Waals surface area contributed by atoms with Crippen LogP contribution in [0.5, 0.6) is 0 Å². The molecule has 0 spiro atoms. The van der Waals surface area contributed by atoms with Crippen LogP contribution in [-0.2, 0) is 26.1 Å². The summed E-state index contributed by atoms with van der Waals surface area (Å²) in [5.74, 6) is -1.04. The number of nitrogens with one attached hydrogen (secondary N) is 1. The number of ketones is 1. The van der Waals surface area contributed by atoms with Crippen molar-refractivity contribution < 1.29 is 19.4 Å². The molecule has 5 nitrogen and oxygen atoms in total. The number of rotatable bonds is 4. The van der Waals surface area contributed by atoms with E-state index in [-0.39, 0.29) is 34.6 Å². The van der Waals surface area contributed by atoms with E-state index >= 15 is 0 Å². The summed E-state index contributed by atoms with van der Waals surface area (Å²) in [6.45, 7) is 11.6. The fraction of sp³-hybridized carbons (Fsp3) is 0.633. The van der Waals surface area contributed by atoms with Crippen LogP contribution in [0.4, 0.5) is 0 Å². The zero-order valence-corrected chi connectivity index (χ0v) is 21.7. The molecule has 2 fully saturated rings. The number of hydrogen-bond acceptors (Lipinski definition) is 4. The molecule has 0 saturated heterocycles. The van der Waals surface area contributed by atoms with E-state index in [1.54, 1.807) is 6.08 Å². The lowest BCUT2D eigenvalue weighted by molar-refractivity contribution is -0.256. The molecule has 1 aliphatic heterocycles. The van der Waals surface area contributed by atoms with Crippen molar-refractivity contribution in [3.8, 4) is 0 Å². The fourth-order valence-corrected chi connectivity index (χ4v) is 8.24. The molecule has 2 aromatic rings. The number of fused-ring (bicyclic) bond motifs is 9. The van der Waals surface area contributed by atoms with Gasteiger partial charge in [-0.15, -0.1) is 0 Å². The van der Waals surface area contributed by atoms with Crippen molar-refractivity contribution in [2.24, 2.45) is 23.2 Å². The van der Waals surface area contributed by atoms with Gasteiger partial charge in [0.15, 0.2) is 11.6 Å². The summed E-state index contributed by atoms with van der Waals surface area (Å²) in [7, 11) is 0. The molecular weight excluding hydrogens is 438 g/mol. The maximum absolute atomic E-state index is 13.2. The van der Waals surface area contributed by atoms with Crippen molar-refractivity contribution in [3.63, 3.8) is 0 Å². The number of benzene rings is 1. The Labute approximate surface area is 208 Å². The first kappa shape index (κ1) is 23.4. The number of ether oxygens (including phenoxy) is 2. The van der Waals surface area contributed by atoms with E-state index in [9.17, 15) is 9.90 Å². The minimum absolute atomic E-state index is 0.0155. The van der Waals surface area contributed by atoms with Gasteiger partial charge in [-0.1, -0.05) is 52.8 Å². The summed E-state index contributed by atoms with van der Waals surface area (Å²) in [5.41, 5.74) is 4.43. The summed E-state index contributed by atoms with van der Waals surface area (Å²) in [4.78, 5) is 17.0.